The van der Waals surface area contributed by atoms with E-state index in [0.29, 0.717) is 111 Å². The molecule has 0 aliphatic carbocycles. The quantitative estimate of drug-likeness (QED) is 0.00265. The highest BCUT2D eigenvalue weighted by Gasteiger charge is 2.44. The highest BCUT2D eigenvalue weighted by atomic mass is 32.2. The fourth-order valence-electron chi connectivity index (χ4n) is 14.7. The Morgan fingerprint density at radius 1 is 0.607 bits per heavy atom. The number of unbranched alkanes of at least 4 members (excludes halogenated alkanes) is 1. The lowest BCUT2D eigenvalue weighted by molar-refractivity contribution is -0.437. The van der Waals surface area contributed by atoms with Crippen LogP contribution in [0.1, 0.15) is 135 Å². The number of carbonyl (C=O) groups excluding carboxylic acids is 3. The van der Waals surface area contributed by atoms with Gasteiger partial charge in [-0.1, -0.05) is 167 Å². The molecule has 10 rings (SSSR count). The summed E-state index contributed by atoms with van der Waals surface area (Å²) in [6, 6.07) is 51.8. The molecule has 8 aromatic carbocycles. The lowest BCUT2D eigenvalue weighted by Gasteiger charge is -2.28. The van der Waals surface area contributed by atoms with Gasteiger partial charge in [0.1, 0.15) is 6.54 Å². The molecule has 0 atom stereocenters. The van der Waals surface area contributed by atoms with Gasteiger partial charge in [-0.05, 0) is 173 Å². The van der Waals surface area contributed by atoms with Gasteiger partial charge in [-0.3, -0.25) is 43.7 Å². The molecule has 560 valence electrons. The minimum atomic E-state index is -4.23. The van der Waals surface area contributed by atoms with Crippen molar-refractivity contribution in [2.45, 2.75) is 124 Å². The number of anilines is 2. The second-order valence-corrected chi connectivity index (χ2v) is 32.0. The molecule has 0 spiro atoms. The first-order chi connectivity index (χ1) is 50.9. The molecule has 2 amide bonds. The number of nitrogens with zero attached hydrogens (tertiary/aromatic N) is 5. The number of rotatable bonds is 36. The van der Waals surface area contributed by atoms with E-state index in [1.54, 1.807) is 38.1 Å². The van der Waals surface area contributed by atoms with Crippen molar-refractivity contribution < 1.29 is 65.4 Å². The van der Waals surface area contributed by atoms with Gasteiger partial charge >= 0.3 is 7.12 Å². The van der Waals surface area contributed by atoms with Gasteiger partial charge in [0.25, 0.3) is 26.1 Å². The largest absolute Gasteiger partial charge is 0.488 e. The first-order valence-corrected chi connectivity index (χ1v) is 39.3. The lowest BCUT2D eigenvalue weighted by atomic mass is 9.77. The Bertz CT molecular complexity index is 5030. The molecule has 0 saturated carbocycles. The number of hydrogen-bond donors (Lipinski definition) is 8. The third-order valence-electron chi connectivity index (χ3n) is 20.3. The van der Waals surface area contributed by atoms with E-state index >= 15 is 4.79 Å². The second-order valence-electron chi connectivity index (χ2n) is 28.9. The summed E-state index contributed by atoms with van der Waals surface area (Å²) in [7, 11) is -10.2. The Labute approximate surface area is 628 Å². The van der Waals surface area contributed by atoms with Crippen LogP contribution in [0.25, 0.3) is 27.1 Å². The summed E-state index contributed by atoms with van der Waals surface area (Å²) >= 11 is 0. The second kappa shape index (κ2) is 35.0. The zero-order valence-electron chi connectivity index (χ0n) is 61.7. The van der Waals surface area contributed by atoms with Crippen molar-refractivity contribution in [1.82, 2.24) is 20.4 Å². The van der Waals surface area contributed by atoms with Crippen LogP contribution in [0.5, 0.6) is 0 Å². The molecular weight excluding hydrogens is 1390 g/mol. The van der Waals surface area contributed by atoms with E-state index in [-0.39, 0.29) is 54.4 Å². The summed E-state index contributed by atoms with van der Waals surface area (Å²) in [4.78, 5) is 47.0. The monoisotopic (exact) mass is 1490 g/mol. The van der Waals surface area contributed by atoms with Gasteiger partial charge in [0.05, 0.1) is 22.6 Å². The highest BCUT2D eigenvalue weighted by Crippen LogP contribution is 2.48. The Morgan fingerprint density at radius 3 is 1.85 bits per heavy atom. The molecular formula is C84H97BN7O13S2+. The van der Waals surface area contributed by atoms with Gasteiger partial charge in [-0.15, -0.1) is 5.23 Å². The fourth-order valence-corrected chi connectivity index (χ4v) is 15.7. The van der Waals surface area contributed by atoms with Gasteiger partial charge in [0, 0.05) is 111 Å². The number of para-hydroxylation sites is 3. The van der Waals surface area contributed by atoms with Crippen LogP contribution in [0.2, 0.25) is 0 Å². The maximum absolute atomic E-state index is 15.0. The Morgan fingerprint density at radius 2 is 1.19 bits per heavy atom. The van der Waals surface area contributed by atoms with Crippen LogP contribution in [0, 0.1) is 0 Å². The first kappa shape index (κ1) is 80.1. The normalized spacial score (nSPS) is 14.5. The van der Waals surface area contributed by atoms with E-state index in [1.807, 2.05) is 140 Å². The molecule has 0 fully saturated rings. The van der Waals surface area contributed by atoms with Crippen molar-refractivity contribution in [3.63, 3.8) is 0 Å². The third-order valence-corrected chi connectivity index (χ3v) is 21.9. The van der Waals surface area contributed by atoms with Crippen molar-refractivity contribution in [2.24, 2.45) is 0 Å². The van der Waals surface area contributed by atoms with Gasteiger partial charge < -0.3 is 25.6 Å². The van der Waals surface area contributed by atoms with Crippen LogP contribution in [0.15, 0.2) is 218 Å². The average molecular weight is 1490 g/mol. The molecule has 0 aromatic heterocycles. The molecule has 20 nitrogen and oxygen atoms in total. The summed E-state index contributed by atoms with van der Waals surface area (Å²) in [5.74, 6) is -1.44. The average Bonchev–Trinajstić information content (AvgIpc) is 1.74. The van der Waals surface area contributed by atoms with Crippen molar-refractivity contribution >= 4 is 100 Å². The number of allylic oxidation sites excluding steroid dienone is 7. The van der Waals surface area contributed by atoms with E-state index < -0.39 is 49.7 Å². The molecule has 2 aliphatic heterocycles. The zero-order valence-corrected chi connectivity index (χ0v) is 63.3. The number of ketones is 1. The molecule has 0 radical (unpaired) electrons. The standard InChI is InChI=1S/C84H96BN7O13S2/c1-58(2)78(93)34-19-20-46-88(55-65-25-10-16-31-75(65)92(98)99)57-71-67-27-12-11-26-66(67)70(56-89(47-21-45-86-81(94)59(3)4)54-64-24-9-15-30-74(64)85(96)97)68-42-39-63(52-69(68)71)82(95)87-53-60-35-37-61(38-36-60)62(40-43-79-83(5,6)72-28-13-17-32-76(72)90(79)48-22-50-106(100,101)102)41-44-80-84(7,8)73-29-14-18-33-77(73)91(80)49-23-51-107(103,104)105/h9-18,24-33,35-44,52,96-99H,1,3,19-23,34,45-51,53-57H2,2,4-8H3,(H3-,86,87,94,95,100,101,102,103,104,105)/p+1. The number of carbonyl (C=O) groups is 3. The molecule has 8 N–H and O–H groups in total. The van der Waals surface area contributed by atoms with Crippen molar-refractivity contribution in [3.05, 3.63) is 268 Å². The van der Waals surface area contributed by atoms with Crippen LogP contribution >= 0.6 is 0 Å². The first-order valence-electron chi connectivity index (χ1n) is 36.1. The molecule has 2 aliphatic rings. The minimum Gasteiger partial charge on any atom is -0.423 e. The number of hydrogen-bond acceptors (Lipinski definition) is 15. The van der Waals surface area contributed by atoms with E-state index in [4.69, 9.17) is 0 Å². The van der Waals surface area contributed by atoms with Crippen LogP contribution in [0.3, 0.4) is 0 Å². The van der Waals surface area contributed by atoms with Crippen molar-refractivity contribution in [2.75, 3.05) is 54.4 Å². The van der Waals surface area contributed by atoms with Gasteiger partial charge in [0.2, 0.25) is 11.6 Å². The van der Waals surface area contributed by atoms with E-state index in [2.05, 4.69) is 95.0 Å². The Hall–Kier alpha value is -9.50. The topological polar surface area (TPSA) is 281 Å². The fraction of sp³-hybridized carbons (Fsp3) is 0.310. The minimum absolute atomic E-state index is 0.0193. The number of Topliss-reactive ketones (excluding diaryl/α,β-unsaturated/α-hetero) is 1. The molecule has 8 aromatic rings. The van der Waals surface area contributed by atoms with Crippen LogP contribution < -0.4 is 26.2 Å². The molecule has 0 unspecified atom stereocenters. The van der Waals surface area contributed by atoms with Gasteiger partial charge in [-0.2, -0.15) is 21.4 Å². The van der Waals surface area contributed by atoms with E-state index in [1.165, 1.54) is 0 Å². The third kappa shape index (κ3) is 20.0. The van der Waals surface area contributed by atoms with Crippen LogP contribution in [-0.2, 0) is 73.4 Å². The highest BCUT2D eigenvalue weighted by molar-refractivity contribution is 7.86. The number of amides is 2. The Balaban J connectivity index is 1.03. The summed E-state index contributed by atoms with van der Waals surface area (Å²) < 4.78 is 69.7. The molecule has 0 bridgehead atoms. The molecule has 107 heavy (non-hydrogen) atoms. The summed E-state index contributed by atoms with van der Waals surface area (Å²) in [6.45, 7) is 22.9. The zero-order chi connectivity index (χ0) is 77.0. The lowest BCUT2D eigenvalue weighted by Crippen LogP contribution is -2.36. The SMILES string of the molecule is C=C(C)C(=O)CCCCN(Cc1ccccc1N(O)O)Cc1c2ccccc2c(CN(CCCNC(=O)C(=C)C)Cc2ccccc2B(O)O)c2ccc(C(=O)NCc3ccc(C(C=CC4=[N+](CCCS(=O)(=O)O)c5ccccc5C4(C)C)=CC=C4N(CCCS(=O)(=O)O)c5ccccc5C4(C)C)cc3)cc12. The predicted octanol–water partition coefficient (Wildman–Crippen LogP) is 12.8. The summed E-state index contributed by atoms with van der Waals surface area (Å²) in [5.41, 5.74) is 12.1. The van der Waals surface area contributed by atoms with Crippen molar-refractivity contribution in [3.8, 4) is 0 Å². The van der Waals surface area contributed by atoms with Crippen LogP contribution in [0.4, 0.5) is 17.1 Å². The number of fused-ring (bicyclic) bond motifs is 4. The van der Waals surface area contributed by atoms with E-state index in [9.17, 15) is 56.0 Å². The maximum Gasteiger partial charge on any atom is 0.488 e. The predicted molar refractivity (Wildman–Crippen MR) is 426 cm³/mol. The molecule has 2 heterocycles. The number of nitrogens with one attached hydrogen (secondary N) is 2. The summed E-state index contributed by atoms with van der Waals surface area (Å²) in [5, 5.41) is 51.9. The number of benzene rings is 8. The van der Waals surface area contributed by atoms with Gasteiger partial charge in [0.15, 0.2) is 11.5 Å². The van der Waals surface area contributed by atoms with E-state index in [0.717, 1.165) is 83.3 Å². The maximum atomic E-state index is 15.0. The summed E-state index contributed by atoms with van der Waals surface area (Å²) in [6.07, 6.45) is 10.6. The molecule has 0 saturated heterocycles. The van der Waals surface area contributed by atoms with Crippen LogP contribution in [-0.4, -0.2) is 135 Å². The van der Waals surface area contributed by atoms with Crippen molar-refractivity contribution in [1.29, 1.82) is 0 Å². The smallest absolute Gasteiger partial charge is 0.423 e. The molecule has 23 heteroatoms. The van der Waals surface area contributed by atoms with Gasteiger partial charge in [-0.25, -0.2) is 0 Å². The Kier molecular flexibility index (Phi) is 26.2.